The van der Waals surface area contributed by atoms with Crippen LogP contribution in [-0.4, -0.2) is 12.1 Å². The van der Waals surface area contributed by atoms with Gasteiger partial charge < -0.3 is 4.74 Å². The molecule has 0 saturated heterocycles. The summed E-state index contributed by atoms with van der Waals surface area (Å²) in [5.41, 5.74) is 2.00. The van der Waals surface area contributed by atoms with E-state index in [0.717, 1.165) is 18.4 Å². The summed E-state index contributed by atoms with van der Waals surface area (Å²) >= 11 is 0. The van der Waals surface area contributed by atoms with Gasteiger partial charge in [-0.2, -0.15) is 0 Å². The Morgan fingerprint density at radius 1 is 1.38 bits per heavy atom. The molecule has 0 spiro atoms. The smallest absolute Gasteiger partial charge is 0.338 e. The summed E-state index contributed by atoms with van der Waals surface area (Å²) in [7, 11) is 0. The van der Waals surface area contributed by atoms with Crippen LogP contribution in [0.2, 0.25) is 0 Å². The third-order valence-corrected chi connectivity index (χ3v) is 5.06. The van der Waals surface area contributed by atoms with Crippen molar-refractivity contribution < 1.29 is 9.53 Å². The van der Waals surface area contributed by atoms with E-state index in [1.165, 1.54) is 32.1 Å². The second-order valence-electron chi connectivity index (χ2n) is 6.48. The molecule has 1 aliphatic carbocycles. The van der Waals surface area contributed by atoms with Crippen molar-refractivity contribution in [3.8, 4) is 0 Å². The van der Waals surface area contributed by atoms with Crippen molar-refractivity contribution >= 4 is 5.97 Å². The van der Waals surface area contributed by atoms with Crippen LogP contribution < -0.4 is 0 Å². The van der Waals surface area contributed by atoms with Gasteiger partial charge in [-0.05, 0) is 51.2 Å². The summed E-state index contributed by atoms with van der Waals surface area (Å²) < 4.78 is 5.92. The van der Waals surface area contributed by atoms with E-state index in [4.69, 9.17) is 4.74 Å². The zero-order chi connectivity index (χ0) is 15.3. The highest BCUT2D eigenvalue weighted by Crippen LogP contribution is 2.47. The quantitative estimate of drug-likeness (QED) is 0.665. The summed E-state index contributed by atoms with van der Waals surface area (Å²) in [6.07, 6.45) is 8.24. The minimum absolute atomic E-state index is 0.0991. The molecule has 2 atom stereocenters. The Morgan fingerprint density at radius 3 is 2.86 bits per heavy atom. The zero-order valence-corrected chi connectivity index (χ0v) is 13.7. The van der Waals surface area contributed by atoms with Gasteiger partial charge in [-0.1, -0.05) is 44.4 Å². The summed E-state index contributed by atoms with van der Waals surface area (Å²) in [5, 5.41) is 0. The third kappa shape index (κ3) is 3.66. The molecule has 0 heterocycles. The highest BCUT2D eigenvalue weighted by atomic mass is 16.5. The topological polar surface area (TPSA) is 26.3 Å². The standard InChI is InChI=1S/C19H28O2/c1-4-6-12-19(5-2)13-8-11-17(19)21-18(20)16-10-7-9-15(3)14-16/h7,9-10,14,17H,4-6,8,11-13H2,1-3H3. The van der Waals surface area contributed by atoms with Crippen molar-refractivity contribution in [1.82, 2.24) is 0 Å². The Kier molecular flexibility index (Phi) is 5.44. The van der Waals surface area contributed by atoms with Crippen LogP contribution in [0, 0.1) is 12.3 Å². The second-order valence-corrected chi connectivity index (χ2v) is 6.48. The predicted octanol–water partition coefficient (Wildman–Crippen LogP) is 5.29. The van der Waals surface area contributed by atoms with E-state index in [-0.39, 0.29) is 17.5 Å². The molecule has 0 amide bonds. The first-order chi connectivity index (χ1) is 10.1. The molecular formula is C19H28O2. The van der Waals surface area contributed by atoms with E-state index in [9.17, 15) is 4.79 Å². The number of carbonyl (C=O) groups is 1. The first-order valence-electron chi connectivity index (χ1n) is 8.39. The molecule has 116 valence electrons. The molecule has 0 aliphatic heterocycles. The average molecular weight is 288 g/mol. The van der Waals surface area contributed by atoms with Gasteiger partial charge in [0.1, 0.15) is 6.10 Å². The molecule has 0 N–H and O–H groups in total. The first-order valence-corrected chi connectivity index (χ1v) is 8.39. The highest BCUT2D eigenvalue weighted by Gasteiger charge is 2.43. The fraction of sp³-hybridized carbons (Fsp3) is 0.632. The third-order valence-electron chi connectivity index (χ3n) is 5.06. The van der Waals surface area contributed by atoms with Gasteiger partial charge in [0.25, 0.3) is 0 Å². The lowest BCUT2D eigenvalue weighted by atomic mass is 9.77. The van der Waals surface area contributed by atoms with E-state index >= 15 is 0 Å². The molecule has 2 rings (SSSR count). The lowest BCUT2D eigenvalue weighted by Crippen LogP contribution is -2.33. The fourth-order valence-electron chi connectivity index (χ4n) is 3.66. The molecule has 1 fully saturated rings. The number of unbranched alkanes of at least 4 members (excludes halogenated alkanes) is 1. The molecule has 0 aromatic heterocycles. The number of esters is 1. The number of aryl methyl sites for hydroxylation is 1. The maximum absolute atomic E-state index is 12.4. The van der Waals surface area contributed by atoms with Crippen LogP contribution in [-0.2, 0) is 4.74 Å². The second kappa shape index (κ2) is 7.11. The van der Waals surface area contributed by atoms with Gasteiger partial charge in [0.2, 0.25) is 0 Å². The first kappa shape index (κ1) is 16.1. The Balaban J connectivity index is 2.08. The number of rotatable bonds is 6. The molecule has 2 heteroatoms. The number of benzene rings is 1. The van der Waals surface area contributed by atoms with Crippen molar-refractivity contribution in [1.29, 1.82) is 0 Å². The fourth-order valence-corrected chi connectivity index (χ4v) is 3.66. The van der Waals surface area contributed by atoms with Gasteiger partial charge in [0, 0.05) is 5.41 Å². The predicted molar refractivity (Wildman–Crippen MR) is 86.5 cm³/mol. The van der Waals surface area contributed by atoms with Crippen LogP contribution in [0.15, 0.2) is 24.3 Å². The highest BCUT2D eigenvalue weighted by molar-refractivity contribution is 5.89. The maximum Gasteiger partial charge on any atom is 0.338 e. The Bertz CT molecular complexity index is 480. The zero-order valence-electron chi connectivity index (χ0n) is 13.7. The van der Waals surface area contributed by atoms with Crippen LogP contribution in [0.4, 0.5) is 0 Å². The molecule has 1 aromatic carbocycles. The molecule has 21 heavy (non-hydrogen) atoms. The summed E-state index contributed by atoms with van der Waals surface area (Å²) in [5.74, 6) is -0.153. The molecule has 2 nitrogen and oxygen atoms in total. The number of carbonyl (C=O) groups excluding carboxylic acids is 1. The minimum Gasteiger partial charge on any atom is -0.458 e. The van der Waals surface area contributed by atoms with Gasteiger partial charge in [0.15, 0.2) is 0 Å². The summed E-state index contributed by atoms with van der Waals surface area (Å²) in [6.45, 7) is 6.48. The van der Waals surface area contributed by atoms with Crippen molar-refractivity contribution in [2.24, 2.45) is 5.41 Å². The lowest BCUT2D eigenvalue weighted by Gasteiger charge is -2.34. The SMILES string of the molecule is CCCCC1(CC)CCCC1OC(=O)c1cccc(C)c1. The summed E-state index contributed by atoms with van der Waals surface area (Å²) in [4.78, 5) is 12.4. The molecule has 0 radical (unpaired) electrons. The van der Waals surface area contributed by atoms with E-state index in [1.54, 1.807) is 0 Å². The monoisotopic (exact) mass is 288 g/mol. The largest absolute Gasteiger partial charge is 0.458 e. The van der Waals surface area contributed by atoms with Gasteiger partial charge in [-0.15, -0.1) is 0 Å². The van der Waals surface area contributed by atoms with Crippen LogP contribution in [0.1, 0.15) is 74.7 Å². The number of hydrogen-bond donors (Lipinski definition) is 0. The van der Waals surface area contributed by atoms with Crippen LogP contribution in [0.5, 0.6) is 0 Å². The Hall–Kier alpha value is -1.31. The molecule has 1 saturated carbocycles. The normalized spacial score (nSPS) is 25.0. The van der Waals surface area contributed by atoms with E-state index in [2.05, 4.69) is 13.8 Å². The van der Waals surface area contributed by atoms with Crippen LogP contribution in [0.25, 0.3) is 0 Å². The van der Waals surface area contributed by atoms with Gasteiger partial charge in [-0.25, -0.2) is 4.79 Å². The van der Waals surface area contributed by atoms with E-state index in [1.807, 2.05) is 31.2 Å². The van der Waals surface area contributed by atoms with E-state index < -0.39 is 0 Å². The molecule has 0 bridgehead atoms. The Morgan fingerprint density at radius 2 is 2.19 bits per heavy atom. The Labute approximate surface area is 128 Å². The number of ether oxygens (including phenoxy) is 1. The van der Waals surface area contributed by atoms with Crippen molar-refractivity contribution in [3.63, 3.8) is 0 Å². The van der Waals surface area contributed by atoms with Gasteiger partial charge >= 0.3 is 5.97 Å². The molecular weight excluding hydrogens is 260 g/mol. The maximum atomic E-state index is 12.4. The summed E-state index contributed by atoms with van der Waals surface area (Å²) in [6, 6.07) is 7.69. The van der Waals surface area contributed by atoms with Crippen molar-refractivity contribution in [2.75, 3.05) is 0 Å². The van der Waals surface area contributed by atoms with Crippen molar-refractivity contribution in [2.45, 2.75) is 71.8 Å². The molecule has 1 aliphatic rings. The van der Waals surface area contributed by atoms with Crippen molar-refractivity contribution in [3.05, 3.63) is 35.4 Å². The molecule has 1 aromatic rings. The minimum atomic E-state index is -0.153. The number of hydrogen-bond acceptors (Lipinski definition) is 2. The lowest BCUT2D eigenvalue weighted by molar-refractivity contribution is -0.0106. The average Bonchev–Trinajstić information content (AvgIpc) is 2.88. The van der Waals surface area contributed by atoms with Crippen LogP contribution >= 0.6 is 0 Å². The molecule has 2 unspecified atom stereocenters. The van der Waals surface area contributed by atoms with Gasteiger partial charge in [-0.3, -0.25) is 0 Å². The van der Waals surface area contributed by atoms with Crippen LogP contribution in [0.3, 0.4) is 0 Å². The van der Waals surface area contributed by atoms with Gasteiger partial charge in [0.05, 0.1) is 5.56 Å². The van der Waals surface area contributed by atoms with E-state index in [0.29, 0.717) is 5.56 Å².